The summed E-state index contributed by atoms with van der Waals surface area (Å²) < 4.78 is 10.8. The van der Waals surface area contributed by atoms with Gasteiger partial charge in [-0.25, -0.2) is 0 Å². The van der Waals surface area contributed by atoms with Gasteiger partial charge in [0.05, 0.1) is 9.95 Å². The molecule has 3 rings (SSSR count). The highest BCUT2D eigenvalue weighted by Crippen LogP contribution is 2.32. The second-order valence-electron chi connectivity index (χ2n) is 5.45. The molecule has 1 aromatic carbocycles. The van der Waals surface area contributed by atoms with Gasteiger partial charge in [-0.3, -0.25) is 14.9 Å². The van der Waals surface area contributed by atoms with E-state index >= 15 is 0 Å². The molecule has 1 aromatic heterocycles. The summed E-state index contributed by atoms with van der Waals surface area (Å²) >= 11 is 6.07. The Morgan fingerprint density at radius 3 is 2.67 bits per heavy atom. The molecule has 0 atom stereocenters. The quantitative estimate of drug-likeness (QED) is 0.673. The third-order valence-corrected chi connectivity index (χ3v) is 4.13. The second-order valence-corrected chi connectivity index (χ2v) is 5.85. The number of carbonyl (C=O) groups excluding carboxylic acids is 1. The van der Waals surface area contributed by atoms with Crippen LogP contribution in [-0.4, -0.2) is 30.1 Å². The number of rotatable bonds is 4. The summed E-state index contributed by atoms with van der Waals surface area (Å²) in [5, 5.41) is 13.8. The molecular formula is C16H15ClN2O5. The lowest BCUT2D eigenvalue weighted by Crippen LogP contribution is -2.38. The molecule has 0 aliphatic carbocycles. The topological polar surface area (TPSA) is 94.6 Å². The Labute approximate surface area is 142 Å². The Balaban J connectivity index is 1.75. The molecule has 0 spiro atoms. The van der Waals surface area contributed by atoms with Crippen LogP contribution < -0.4 is 5.32 Å². The number of furan rings is 1. The number of nitro groups is 1. The van der Waals surface area contributed by atoms with Gasteiger partial charge in [-0.05, 0) is 31.0 Å². The highest BCUT2D eigenvalue weighted by Gasteiger charge is 2.20. The molecule has 1 aliphatic heterocycles. The number of non-ortho nitro benzene ring substituents is 1. The van der Waals surface area contributed by atoms with E-state index in [1.165, 1.54) is 18.2 Å². The van der Waals surface area contributed by atoms with Gasteiger partial charge in [-0.15, -0.1) is 0 Å². The highest BCUT2D eigenvalue weighted by molar-refractivity contribution is 6.33. The van der Waals surface area contributed by atoms with E-state index in [4.69, 9.17) is 20.8 Å². The molecule has 0 saturated carbocycles. The lowest BCUT2D eigenvalue weighted by Gasteiger charge is -2.22. The molecule has 1 fully saturated rings. The zero-order valence-corrected chi connectivity index (χ0v) is 13.4. The first kappa shape index (κ1) is 16.5. The standard InChI is InChI=1S/C16H15ClN2O5/c17-13-9-11(19(21)22)1-2-12(13)14-3-4-15(24-14)16(20)18-10-5-7-23-8-6-10/h1-4,9-10H,5-8H2,(H,18,20). The molecule has 1 aliphatic rings. The van der Waals surface area contributed by atoms with E-state index < -0.39 is 4.92 Å². The van der Waals surface area contributed by atoms with Crippen molar-refractivity contribution in [1.82, 2.24) is 5.32 Å². The van der Waals surface area contributed by atoms with Crippen LogP contribution in [0.15, 0.2) is 34.7 Å². The van der Waals surface area contributed by atoms with Crippen molar-refractivity contribution in [3.05, 3.63) is 51.2 Å². The number of nitro benzene ring substituents is 1. The number of hydrogen-bond donors (Lipinski definition) is 1. The van der Waals surface area contributed by atoms with Crippen molar-refractivity contribution in [2.75, 3.05) is 13.2 Å². The van der Waals surface area contributed by atoms with Crippen LogP contribution in [0, 0.1) is 10.1 Å². The maximum Gasteiger partial charge on any atom is 0.287 e. The van der Waals surface area contributed by atoms with Crippen LogP contribution in [0.1, 0.15) is 23.4 Å². The van der Waals surface area contributed by atoms with Gasteiger partial charge in [0.15, 0.2) is 5.76 Å². The van der Waals surface area contributed by atoms with Gasteiger partial charge in [-0.2, -0.15) is 0 Å². The number of halogens is 1. The Kier molecular flexibility index (Phi) is 4.82. The minimum absolute atomic E-state index is 0.0720. The average Bonchev–Trinajstić information content (AvgIpc) is 3.05. The summed E-state index contributed by atoms with van der Waals surface area (Å²) in [5.41, 5.74) is 0.389. The number of ether oxygens (including phenoxy) is 1. The molecule has 0 bridgehead atoms. The molecule has 1 amide bonds. The van der Waals surface area contributed by atoms with Gasteiger partial charge < -0.3 is 14.5 Å². The second kappa shape index (κ2) is 7.02. The van der Waals surface area contributed by atoms with Crippen molar-refractivity contribution >= 4 is 23.2 Å². The van der Waals surface area contributed by atoms with Gasteiger partial charge in [0.2, 0.25) is 0 Å². The van der Waals surface area contributed by atoms with Crippen LogP contribution in [0.25, 0.3) is 11.3 Å². The molecule has 0 unspecified atom stereocenters. The molecule has 1 N–H and O–H groups in total. The van der Waals surface area contributed by atoms with Gasteiger partial charge in [0, 0.05) is 37.0 Å². The van der Waals surface area contributed by atoms with E-state index in [2.05, 4.69) is 5.32 Å². The molecule has 7 nitrogen and oxygen atoms in total. The van der Waals surface area contributed by atoms with Crippen molar-refractivity contribution in [3.63, 3.8) is 0 Å². The first-order valence-corrected chi connectivity index (χ1v) is 7.85. The van der Waals surface area contributed by atoms with Crippen LogP contribution in [-0.2, 0) is 4.74 Å². The zero-order chi connectivity index (χ0) is 17.1. The van der Waals surface area contributed by atoms with Crippen molar-refractivity contribution < 1.29 is 18.9 Å². The van der Waals surface area contributed by atoms with Crippen LogP contribution in [0.4, 0.5) is 5.69 Å². The van der Waals surface area contributed by atoms with E-state index in [1.807, 2.05) is 0 Å². The van der Waals surface area contributed by atoms with Crippen molar-refractivity contribution in [1.29, 1.82) is 0 Å². The number of amides is 1. The van der Waals surface area contributed by atoms with Crippen LogP contribution in [0.3, 0.4) is 0 Å². The third kappa shape index (κ3) is 3.58. The van der Waals surface area contributed by atoms with E-state index in [-0.39, 0.29) is 28.4 Å². The zero-order valence-electron chi connectivity index (χ0n) is 12.7. The number of carbonyl (C=O) groups is 1. The largest absolute Gasteiger partial charge is 0.451 e. The van der Waals surface area contributed by atoms with Crippen LogP contribution in [0.2, 0.25) is 5.02 Å². The molecule has 2 heterocycles. The lowest BCUT2D eigenvalue weighted by atomic mass is 10.1. The predicted octanol–water partition coefficient (Wildman–Crippen LogP) is 3.42. The number of nitrogens with zero attached hydrogens (tertiary/aromatic N) is 1. The number of benzene rings is 1. The van der Waals surface area contributed by atoms with Crippen molar-refractivity contribution in [3.8, 4) is 11.3 Å². The van der Waals surface area contributed by atoms with Crippen LogP contribution in [0.5, 0.6) is 0 Å². The Bertz CT molecular complexity index is 768. The Hall–Kier alpha value is -2.38. The molecular weight excluding hydrogens is 336 g/mol. The highest BCUT2D eigenvalue weighted by atomic mass is 35.5. The Morgan fingerprint density at radius 2 is 2.00 bits per heavy atom. The van der Waals surface area contributed by atoms with Gasteiger partial charge >= 0.3 is 0 Å². The SMILES string of the molecule is O=C(NC1CCOCC1)c1ccc(-c2ccc([N+](=O)[O-])cc2Cl)o1. The number of nitrogens with one attached hydrogen (secondary N) is 1. The molecule has 1 saturated heterocycles. The lowest BCUT2D eigenvalue weighted by molar-refractivity contribution is -0.384. The van der Waals surface area contributed by atoms with E-state index in [0.717, 1.165) is 12.8 Å². The fraction of sp³-hybridized carbons (Fsp3) is 0.312. The minimum Gasteiger partial charge on any atom is -0.451 e. The molecule has 24 heavy (non-hydrogen) atoms. The molecule has 0 radical (unpaired) electrons. The summed E-state index contributed by atoms with van der Waals surface area (Å²) in [4.78, 5) is 22.4. The Morgan fingerprint density at radius 1 is 1.25 bits per heavy atom. The smallest absolute Gasteiger partial charge is 0.287 e. The summed E-state index contributed by atoms with van der Waals surface area (Å²) in [6, 6.07) is 7.34. The minimum atomic E-state index is -0.523. The fourth-order valence-electron chi connectivity index (χ4n) is 2.52. The van der Waals surface area contributed by atoms with Crippen LogP contribution >= 0.6 is 11.6 Å². The van der Waals surface area contributed by atoms with E-state index in [9.17, 15) is 14.9 Å². The van der Waals surface area contributed by atoms with E-state index in [0.29, 0.717) is 24.5 Å². The number of hydrogen-bond acceptors (Lipinski definition) is 5. The summed E-state index contributed by atoms with van der Waals surface area (Å²) in [6.45, 7) is 1.26. The van der Waals surface area contributed by atoms with Gasteiger partial charge in [0.1, 0.15) is 5.76 Å². The van der Waals surface area contributed by atoms with Gasteiger partial charge in [0.25, 0.3) is 11.6 Å². The average molecular weight is 351 g/mol. The fourth-order valence-corrected chi connectivity index (χ4v) is 2.79. The van der Waals surface area contributed by atoms with Crippen molar-refractivity contribution in [2.45, 2.75) is 18.9 Å². The predicted molar refractivity (Wildman–Crippen MR) is 87.1 cm³/mol. The van der Waals surface area contributed by atoms with Gasteiger partial charge in [-0.1, -0.05) is 11.6 Å². The maximum atomic E-state index is 12.2. The molecule has 8 heteroatoms. The first-order valence-electron chi connectivity index (χ1n) is 7.47. The van der Waals surface area contributed by atoms with Crippen molar-refractivity contribution in [2.24, 2.45) is 0 Å². The summed E-state index contributed by atoms with van der Waals surface area (Å²) in [6.07, 6.45) is 1.54. The summed E-state index contributed by atoms with van der Waals surface area (Å²) in [7, 11) is 0. The molecule has 2 aromatic rings. The van der Waals surface area contributed by atoms with E-state index in [1.54, 1.807) is 12.1 Å². The maximum absolute atomic E-state index is 12.2. The summed E-state index contributed by atoms with van der Waals surface area (Å²) in [5.74, 6) is 0.254. The normalized spacial score (nSPS) is 15.2. The third-order valence-electron chi connectivity index (χ3n) is 3.82. The molecule has 126 valence electrons. The monoisotopic (exact) mass is 350 g/mol. The first-order chi connectivity index (χ1) is 11.5.